The third-order valence-corrected chi connectivity index (χ3v) is 8.91. The number of aliphatic hydroxyl groups is 1. The van der Waals surface area contributed by atoms with Gasteiger partial charge in [0.1, 0.15) is 11.7 Å². The summed E-state index contributed by atoms with van der Waals surface area (Å²) in [7, 11) is -0.511. The number of carbonyl (C=O) groups excluding carboxylic acids is 4. The third kappa shape index (κ3) is 12.0. The van der Waals surface area contributed by atoms with E-state index < -0.39 is 64.7 Å². The van der Waals surface area contributed by atoms with Gasteiger partial charge in [-0.15, -0.1) is 0 Å². The normalized spacial score (nSPS) is 15.9. The average Bonchev–Trinajstić information content (AvgIpc) is 3.50. The van der Waals surface area contributed by atoms with Crippen LogP contribution in [0.25, 0.3) is 0 Å². The van der Waals surface area contributed by atoms with E-state index in [0.717, 1.165) is 11.3 Å². The number of rotatable bonds is 16. The van der Waals surface area contributed by atoms with Gasteiger partial charge >= 0.3 is 0 Å². The Kier molecular flexibility index (Phi) is 13.1. The number of nitrogens with one attached hydrogen (secondary N) is 4. The van der Waals surface area contributed by atoms with Gasteiger partial charge in [0.05, 0.1) is 24.5 Å². The van der Waals surface area contributed by atoms with Crippen molar-refractivity contribution < 1.29 is 24.3 Å². The summed E-state index contributed by atoms with van der Waals surface area (Å²) in [5.74, 6) is -2.53. The predicted octanol–water partition coefficient (Wildman–Crippen LogP) is 2.52. The van der Waals surface area contributed by atoms with Gasteiger partial charge in [0.25, 0.3) is 5.91 Å². The molecule has 45 heavy (non-hydrogen) atoms. The topological polar surface area (TPSA) is 187 Å². The first-order valence-corrected chi connectivity index (χ1v) is 16.5. The molecule has 4 atom stereocenters. The number of nitrogens with zero attached hydrogens (tertiary/aromatic N) is 1. The number of carbonyl (C=O) groups is 4. The lowest BCUT2D eigenvalue weighted by Gasteiger charge is -2.30. The van der Waals surface area contributed by atoms with E-state index in [9.17, 15) is 24.3 Å². The van der Waals surface area contributed by atoms with Gasteiger partial charge in [0.15, 0.2) is 0 Å². The molecule has 0 bridgehead atoms. The van der Waals surface area contributed by atoms with Gasteiger partial charge in [-0.1, -0.05) is 48.6 Å². The molecule has 12 heteroatoms. The van der Waals surface area contributed by atoms with E-state index in [1.807, 2.05) is 63.3 Å². The summed E-state index contributed by atoms with van der Waals surface area (Å²) in [6.45, 7) is 5.61. The zero-order valence-electron chi connectivity index (χ0n) is 25.9. The van der Waals surface area contributed by atoms with Gasteiger partial charge in [-0.05, 0) is 67.9 Å². The van der Waals surface area contributed by atoms with Crippen molar-refractivity contribution in [1.29, 1.82) is 5.41 Å². The fraction of sp³-hybridized carbons (Fsp3) is 0.394. The summed E-state index contributed by atoms with van der Waals surface area (Å²) in [5.41, 5.74) is 5.80. The Morgan fingerprint density at radius 2 is 1.62 bits per heavy atom. The van der Waals surface area contributed by atoms with Gasteiger partial charge < -0.3 is 32.2 Å². The van der Waals surface area contributed by atoms with Gasteiger partial charge in [-0.2, -0.15) is 0 Å². The van der Waals surface area contributed by atoms with Gasteiger partial charge in [-0.3, -0.25) is 24.2 Å². The number of primary amides is 1. The number of aromatic nitrogens is 1. The van der Waals surface area contributed by atoms with E-state index in [1.54, 1.807) is 12.1 Å². The fourth-order valence-corrected chi connectivity index (χ4v) is 6.40. The number of pyridine rings is 1. The molecule has 242 valence electrons. The first-order chi connectivity index (χ1) is 21.3. The third-order valence-electron chi connectivity index (χ3n) is 7.02. The number of hydrogen-bond acceptors (Lipinski definition) is 7. The molecule has 0 aliphatic carbocycles. The quantitative estimate of drug-likeness (QED) is 0.110. The molecule has 0 radical (unpaired) electrons. The first-order valence-electron chi connectivity index (χ1n) is 14.8. The summed E-state index contributed by atoms with van der Waals surface area (Å²) < 4.78 is 0. The van der Waals surface area contributed by atoms with Crippen molar-refractivity contribution in [2.24, 2.45) is 11.7 Å². The van der Waals surface area contributed by atoms with Gasteiger partial charge in [-0.25, -0.2) is 10.9 Å². The van der Waals surface area contributed by atoms with Crippen LogP contribution in [0.2, 0.25) is 0 Å². The van der Waals surface area contributed by atoms with Crippen LogP contribution in [0.1, 0.15) is 56.1 Å². The highest BCUT2D eigenvalue weighted by atomic mass is 32.2. The number of amides is 4. The second-order valence-electron chi connectivity index (χ2n) is 12.0. The number of hydrogen-bond donors (Lipinski definition) is 7. The zero-order chi connectivity index (χ0) is 33.0. The molecule has 3 rings (SSSR count). The van der Waals surface area contributed by atoms with Crippen molar-refractivity contribution >= 4 is 40.2 Å². The van der Waals surface area contributed by atoms with Crippen molar-refractivity contribution in [3.63, 3.8) is 0 Å². The molecule has 0 fully saturated rings. The van der Waals surface area contributed by atoms with E-state index in [-0.39, 0.29) is 30.2 Å². The molecule has 7 N–H and O–H groups in total. The van der Waals surface area contributed by atoms with E-state index in [0.29, 0.717) is 6.42 Å². The van der Waals surface area contributed by atoms with E-state index in [2.05, 4.69) is 31.8 Å². The zero-order valence-corrected chi connectivity index (χ0v) is 26.8. The molecule has 1 aromatic carbocycles. The van der Waals surface area contributed by atoms with Crippen LogP contribution in [0.3, 0.4) is 0 Å². The largest absolute Gasteiger partial charge is 0.391 e. The molecule has 2 unspecified atom stereocenters. The number of nitrogens with two attached hydrogens (primary N) is 1. The molecule has 0 saturated carbocycles. The Labute approximate surface area is 267 Å². The highest BCUT2D eigenvalue weighted by molar-refractivity contribution is 8.22. The van der Waals surface area contributed by atoms with E-state index in [1.165, 1.54) is 12.3 Å². The lowest BCUT2D eigenvalue weighted by molar-refractivity contribution is -0.128. The van der Waals surface area contributed by atoms with Crippen molar-refractivity contribution in [2.45, 2.75) is 70.2 Å². The molecule has 1 aliphatic heterocycles. The molecule has 11 nitrogen and oxygen atoms in total. The average molecular weight is 637 g/mol. The Morgan fingerprint density at radius 3 is 2.22 bits per heavy atom. The van der Waals surface area contributed by atoms with Crippen molar-refractivity contribution in [3.8, 4) is 0 Å². The molecule has 2 aromatic rings. The van der Waals surface area contributed by atoms with Crippen molar-refractivity contribution in [2.75, 3.05) is 5.75 Å². The van der Waals surface area contributed by atoms with Crippen LogP contribution in [0.5, 0.6) is 0 Å². The fourth-order valence-electron chi connectivity index (χ4n) is 4.80. The van der Waals surface area contributed by atoms with Crippen LogP contribution in [0.15, 0.2) is 77.7 Å². The summed E-state index contributed by atoms with van der Waals surface area (Å²) in [5, 5.41) is 32.8. The lowest BCUT2D eigenvalue weighted by atomic mass is 9.90. The maximum Gasteiger partial charge on any atom is 0.270 e. The monoisotopic (exact) mass is 636 g/mol. The van der Waals surface area contributed by atoms with Crippen LogP contribution in [-0.4, -0.2) is 68.9 Å². The second-order valence-corrected chi connectivity index (χ2v) is 14.1. The molecule has 0 saturated heterocycles. The molecular weight excluding hydrogens is 592 g/mol. The summed E-state index contributed by atoms with van der Waals surface area (Å²) in [6, 6.07) is 11.6. The summed E-state index contributed by atoms with van der Waals surface area (Å²) in [6.07, 6.45) is 4.10. The second kappa shape index (κ2) is 16.7. The van der Waals surface area contributed by atoms with Crippen molar-refractivity contribution in [1.82, 2.24) is 20.9 Å². The first kappa shape index (κ1) is 35.2. The Bertz CT molecular complexity index is 1380. The molecule has 2 heterocycles. The highest BCUT2D eigenvalue weighted by Crippen LogP contribution is 2.34. The standard InChI is InChI=1S/C33H44N6O5S/c1-33(2,3)39-30(42)23(14-18-45-16-9-10-17-45)24(34)20-28(40)26(19-22-11-5-4-6-12-22)37-32(44)27(21-29(35)41)38-31(43)25-13-7-8-15-36-25/h4-13,15-17,23,26-28,34,40,45H,14,18-21H2,1-3H3,(H2,35,41)(H,37,44)(H,38,43)(H,39,42)/t23-,26?,27-,28?/m0/s1. The number of allylic oxidation sites excluding steroid dienone is 2. The van der Waals surface area contributed by atoms with Gasteiger partial charge in [0, 0.05) is 23.9 Å². The van der Waals surface area contributed by atoms with E-state index >= 15 is 0 Å². The maximum atomic E-state index is 13.5. The van der Waals surface area contributed by atoms with Gasteiger partial charge in [0.2, 0.25) is 17.7 Å². The number of aliphatic hydroxyl groups excluding tert-OH is 1. The summed E-state index contributed by atoms with van der Waals surface area (Å²) >= 11 is 0. The van der Waals surface area contributed by atoms with Crippen molar-refractivity contribution in [3.05, 3.63) is 89.0 Å². The van der Waals surface area contributed by atoms with E-state index in [4.69, 9.17) is 11.1 Å². The lowest BCUT2D eigenvalue weighted by Crippen LogP contribution is -2.54. The molecular formula is C33H44N6O5S. The minimum atomic E-state index is -1.33. The number of benzene rings is 1. The van der Waals surface area contributed by atoms with Crippen LogP contribution < -0.4 is 21.7 Å². The smallest absolute Gasteiger partial charge is 0.270 e. The highest BCUT2D eigenvalue weighted by Gasteiger charge is 2.32. The minimum absolute atomic E-state index is 0.0517. The predicted molar refractivity (Wildman–Crippen MR) is 178 cm³/mol. The summed E-state index contributed by atoms with van der Waals surface area (Å²) in [4.78, 5) is 55.4. The molecule has 1 aromatic heterocycles. The SMILES string of the molecule is CC(C)(C)NC(=O)[C@@H](CC[SH]1C=CC=C1)C(=N)CC(O)C(Cc1ccccc1)NC(=O)[C@H](CC(N)=O)NC(=O)c1ccccn1. The Morgan fingerprint density at radius 1 is 0.956 bits per heavy atom. The Hall–Kier alpha value is -4.29. The van der Waals surface area contributed by atoms with Crippen LogP contribution in [0.4, 0.5) is 0 Å². The van der Waals surface area contributed by atoms with Crippen LogP contribution >= 0.6 is 10.9 Å². The van der Waals surface area contributed by atoms with Crippen LogP contribution in [0, 0.1) is 11.3 Å². The minimum Gasteiger partial charge on any atom is -0.391 e. The maximum absolute atomic E-state index is 13.5. The Balaban J connectivity index is 1.80. The molecule has 0 spiro atoms. The van der Waals surface area contributed by atoms with Crippen LogP contribution in [-0.2, 0) is 20.8 Å². The molecule has 1 aliphatic rings. The number of thiol groups is 1. The molecule has 4 amide bonds.